The molecule has 2 aromatic heterocycles. The molecular formula is C28H30N2O6. The van der Waals surface area contributed by atoms with Gasteiger partial charge in [0.1, 0.15) is 13.2 Å². The van der Waals surface area contributed by atoms with E-state index in [2.05, 4.69) is 33.6 Å². The molecule has 0 radical (unpaired) electrons. The molecule has 36 heavy (non-hydrogen) atoms. The molecule has 0 saturated carbocycles. The van der Waals surface area contributed by atoms with Gasteiger partial charge in [-0.1, -0.05) is 35.8 Å². The lowest BCUT2D eigenvalue weighted by atomic mass is 9.68. The Balaban J connectivity index is 1.46. The zero-order valence-electron chi connectivity index (χ0n) is 20.1. The van der Waals surface area contributed by atoms with Crippen LogP contribution in [0.5, 0.6) is 0 Å². The molecule has 0 bridgehead atoms. The summed E-state index contributed by atoms with van der Waals surface area (Å²) in [5, 5.41) is 24.1. The molecule has 8 heteroatoms. The second-order valence-corrected chi connectivity index (χ2v) is 9.04. The first-order chi connectivity index (χ1) is 17.6. The maximum absolute atomic E-state index is 12.0. The van der Waals surface area contributed by atoms with E-state index in [1.54, 1.807) is 36.7 Å². The van der Waals surface area contributed by atoms with Crippen molar-refractivity contribution in [1.82, 2.24) is 9.97 Å². The second-order valence-electron chi connectivity index (χ2n) is 9.04. The molecule has 2 aromatic rings. The summed E-state index contributed by atoms with van der Waals surface area (Å²) in [7, 11) is 0. The molecule has 2 N–H and O–H groups in total. The first kappa shape index (κ1) is 24.9. The topological polar surface area (TPSA) is 103 Å². The SMILES string of the molecule is O[C@]1(C#CCOC2CCCCO2)c2cccnc2-c2ncccc2[C@]1(O)C#CCOC1CCCCO1. The van der Waals surface area contributed by atoms with Crippen LogP contribution in [0.25, 0.3) is 11.4 Å². The van der Waals surface area contributed by atoms with Crippen LogP contribution in [0.1, 0.15) is 49.7 Å². The van der Waals surface area contributed by atoms with Crippen molar-refractivity contribution in [3.8, 4) is 35.1 Å². The summed E-state index contributed by atoms with van der Waals surface area (Å²) in [5.41, 5.74) is -2.63. The lowest BCUT2D eigenvalue weighted by Crippen LogP contribution is -2.51. The van der Waals surface area contributed by atoms with Crippen LogP contribution in [0.3, 0.4) is 0 Å². The number of pyridine rings is 2. The van der Waals surface area contributed by atoms with Crippen molar-refractivity contribution >= 4 is 0 Å². The van der Waals surface area contributed by atoms with Gasteiger partial charge in [0.25, 0.3) is 0 Å². The number of rotatable bonds is 4. The predicted molar refractivity (Wildman–Crippen MR) is 130 cm³/mol. The van der Waals surface area contributed by atoms with E-state index in [1.165, 1.54) is 0 Å². The van der Waals surface area contributed by atoms with Crippen LogP contribution in [0.4, 0.5) is 0 Å². The van der Waals surface area contributed by atoms with E-state index in [0.29, 0.717) is 35.7 Å². The average Bonchev–Trinajstić information content (AvgIpc) is 2.94. The van der Waals surface area contributed by atoms with E-state index in [9.17, 15) is 10.2 Å². The number of nitrogens with zero attached hydrogens (tertiary/aromatic N) is 2. The fourth-order valence-corrected chi connectivity index (χ4v) is 4.76. The van der Waals surface area contributed by atoms with Crippen LogP contribution in [-0.2, 0) is 30.1 Å². The molecule has 2 saturated heterocycles. The highest BCUT2D eigenvalue weighted by Gasteiger charge is 2.56. The average molecular weight is 491 g/mol. The van der Waals surface area contributed by atoms with Crippen LogP contribution >= 0.6 is 0 Å². The smallest absolute Gasteiger partial charge is 0.198 e. The zero-order chi connectivity index (χ0) is 24.8. The molecule has 4 heterocycles. The first-order valence-electron chi connectivity index (χ1n) is 12.4. The fraction of sp³-hybridized carbons (Fsp3) is 0.500. The van der Waals surface area contributed by atoms with Gasteiger partial charge in [-0.05, 0) is 50.7 Å². The van der Waals surface area contributed by atoms with Gasteiger partial charge in [0.2, 0.25) is 0 Å². The summed E-state index contributed by atoms with van der Waals surface area (Å²) in [6, 6.07) is 6.73. The van der Waals surface area contributed by atoms with Crippen LogP contribution in [0, 0.1) is 23.7 Å². The number of fused-ring (bicyclic) bond motifs is 3. The van der Waals surface area contributed by atoms with Gasteiger partial charge in [0.05, 0.1) is 11.4 Å². The molecule has 2 fully saturated rings. The second kappa shape index (κ2) is 11.1. The Hall–Kier alpha value is -2.82. The molecule has 0 amide bonds. The molecule has 5 rings (SSSR count). The normalized spacial score (nSPS) is 29.1. The lowest BCUT2D eigenvalue weighted by Gasteiger charge is -2.41. The molecule has 3 aliphatic rings. The highest BCUT2D eigenvalue weighted by molar-refractivity contribution is 5.73. The molecule has 2 unspecified atom stereocenters. The fourth-order valence-electron chi connectivity index (χ4n) is 4.76. The zero-order valence-corrected chi connectivity index (χ0v) is 20.1. The van der Waals surface area contributed by atoms with Crippen molar-refractivity contribution < 1.29 is 29.2 Å². The third-order valence-electron chi connectivity index (χ3n) is 6.64. The molecule has 1 aliphatic carbocycles. The van der Waals surface area contributed by atoms with Gasteiger partial charge in [-0.25, -0.2) is 0 Å². The van der Waals surface area contributed by atoms with Gasteiger partial charge in [-0.15, -0.1) is 0 Å². The van der Waals surface area contributed by atoms with E-state index in [4.69, 9.17) is 18.9 Å². The summed E-state index contributed by atoms with van der Waals surface area (Å²) >= 11 is 0. The van der Waals surface area contributed by atoms with Gasteiger partial charge >= 0.3 is 0 Å². The van der Waals surface area contributed by atoms with Crippen molar-refractivity contribution in [1.29, 1.82) is 0 Å². The van der Waals surface area contributed by atoms with E-state index >= 15 is 0 Å². The van der Waals surface area contributed by atoms with E-state index in [-0.39, 0.29) is 25.8 Å². The highest BCUT2D eigenvalue weighted by Crippen LogP contribution is 2.49. The number of hydrogen-bond acceptors (Lipinski definition) is 8. The van der Waals surface area contributed by atoms with Gasteiger partial charge < -0.3 is 29.2 Å². The van der Waals surface area contributed by atoms with Crippen LogP contribution in [0.15, 0.2) is 36.7 Å². The Kier molecular flexibility index (Phi) is 7.64. The largest absolute Gasteiger partial charge is 0.370 e. The molecule has 2 aliphatic heterocycles. The van der Waals surface area contributed by atoms with Crippen molar-refractivity contribution in [3.63, 3.8) is 0 Å². The molecule has 0 aromatic carbocycles. The molecule has 0 spiro atoms. The van der Waals surface area contributed by atoms with Crippen LogP contribution in [0.2, 0.25) is 0 Å². The Morgan fingerprint density at radius 3 is 1.67 bits per heavy atom. The summed E-state index contributed by atoms with van der Waals surface area (Å²) in [6.07, 6.45) is 8.32. The van der Waals surface area contributed by atoms with E-state index in [0.717, 1.165) is 38.5 Å². The number of hydrogen-bond donors (Lipinski definition) is 2. The van der Waals surface area contributed by atoms with E-state index < -0.39 is 11.2 Å². The Morgan fingerprint density at radius 2 is 1.25 bits per heavy atom. The number of aromatic nitrogens is 2. The third kappa shape index (κ3) is 4.89. The monoisotopic (exact) mass is 490 g/mol. The Labute approximate surface area is 211 Å². The maximum atomic E-state index is 12.0. The minimum Gasteiger partial charge on any atom is -0.370 e. The summed E-state index contributed by atoms with van der Waals surface area (Å²) in [6.45, 7) is 1.39. The van der Waals surface area contributed by atoms with Crippen molar-refractivity contribution in [2.24, 2.45) is 0 Å². The summed E-state index contributed by atoms with van der Waals surface area (Å²) in [4.78, 5) is 8.88. The van der Waals surface area contributed by atoms with E-state index in [1.807, 2.05) is 0 Å². The number of ether oxygens (including phenoxy) is 4. The van der Waals surface area contributed by atoms with Crippen molar-refractivity contribution in [3.05, 3.63) is 47.8 Å². The van der Waals surface area contributed by atoms with Crippen LogP contribution < -0.4 is 0 Å². The minimum atomic E-state index is -2.09. The molecule has 4 atom stereocenters. The first-order valence-corrected chi connectivity index (χ1v) is 12.4. The molecule has 188 valence electrons. The maximum Gasteiger partial charge on any atom is 0.198 e. The predicted octanol–water partition coefficient (Wildman–Crippen LogP) is 2.63. The number of aliphatic hydroxyl groups is 2. The van der Waals surface area contributed by atoms with Gasteiger partial charge in [0, 0.05) is 36.7 Å². The summed E-state index contributed by atoms with van der Waals surface area (Å²) in [5.74, 6) is 11.5. The molecule has 8 nitrogen and oxygen atoms in total. The standard InChI is InChI=1S/C28H30N2O6/c31-27(13-7-19-35-23-11-1-3-17-33-23)21-9-5-15-29-25(21)26-22(10-6-16-30-26)28(27,32)14-8-20-36-24-12-2-4-18-34-24/h5-6,9-10,15-16,23-24,31-32H,1-4,11-12,17-20H2/t23?,24?,27-,28-/m1/s1. The highest BCUT2D eigenvalue weighted by atomic mass is 16.7. The van der Waals surface area contributed by atoms with Crippen molar-refractivity contribution in [2.45, 2.75) is 62.3 Å². The Morgan fingerprint density at radius 1 is 0.778 bits per heavy atom. The van der Waals surface area contributed by atoms with Crippen molar-refractivity contribution in [2.75, 3.05) is 26.4 Å². The third-order valence-corrected chi connectivity index (χ3v) is 6.64. The lowest BCUT2D eigenvalue weighted by molar-refractivity contribution is -0.154. The van der Waals surface area contributed by atoms with Gasteiger partial charge in [0.15, 0.2) is 23.8 Å². The van der Waals surface area contributed by atoms with Gasteiger partial charge in [-0.3, -0.25) is 9.97 Å². The summed E-state index contributed by atoms with van der Waals surface area (Å²) < 4.78 is 22.6. The molecular weight excluding hydrogens is 460 g/mol. The van der Waals surface area contributed by atoms with Gasteiger partial charge in [-0.2, -0.15) is 0 Å². The minimum absolute atomic E-state index is 0.0358. The quantitative estimate of drug-likeness (QED) is 0.631. The van der Waals surface area contributed by atoms with Crippen LogP contribution in [-0.4, -0.2) is 59.2 Å². The Bertz CT molecular complexity index is 1090.